The summed E-state index contributed by atoms with van der Waals surface area (Å²) >= 11 is 0. The third kappa shape index (κ3) is 4.88. The molecule has 40 heavy (non-hydrogen) atoms. The van der Waals surface area contributed by atoms with Gasteiger partial charge in [-0.3, -0.25) is 4.79 Å². The average Bonchev–Trinajstić information content (AvgIpc) is 3.75. The molecule has 0 aromatic heterocycles. The highest BCUT2D eigenvalue weighted by Gasteiger charge is 2.56. The molecule has 0 N–H and O–H groups in total. The van der Waals surface area contributed by atoms with Crippen LogP contribution in [0.3, 0.4) is 0 Å². The number of Topliss-reactive ketones (excluding diaryl/α,β-unsaturated/α-hetero) is 1. The lowest BCUT2D eigenvalue weighted by atomic mass is 9.52. The van der Waals surface area contributed by atoms with Crippen molar-refractivity contribution in [3.05, 3.63) is 95.2 Å². The Balaban J connectivity index is 0.00000337. The molecule has 0 amide bonds. The molecule has 1 radical (unpaired) electrons. The van der Waals surface area contributed by atoms with E-state index in [0.29, 0.717) is 53.5 Å². The van der Waals surface area contributed by atoms with Crippen LogP contribution in [0.4, 0.5) is 4.39 Å². The molecular weight excluding hydrogens is 499 g/mol. The van der Waals surface area contributed by atoms with E-state index in [-0.39, 0.29) is 25.0 Å². The summed E-state index contributed by atoms with van der Waals surface area (Å²) in [6.07, 6.45) is 15.9. The molecule has 3 nitrogen and oxygen atoms in total. The summed E-state index contributed by atoms with van der Waals surface area (Å²) in [5.41, 5.74) is 6.26. The molecule has 2 fully saturated rings. The van der Waals surface area contributed by atoms with Crippen LogP contribution >= 0.6 is 0 Å². The highest BCUT2D eigenvalue weighted by atomic mass is 19.1. The molecule has 1 unspecified atom stereocenters. The Labute approximate surface area is 239 Å². The number of fused-ring (bicyclic) bond motifs is 2. The van der Waals surface area contributed by atoms with E-state index in [2.05, 4.69) is 51.2 Å². The van der Waals surface area contributed by atoms with E-state index in [0.717, 1.165) is 43.2 Å². The molecule has 0 spiro atoms. The highest BCUT2D eigenvalue weighted by molar-refractivity contribution is 6.08. The zero-order valence-corrected chi connectivity index (χ0v) is 23.9. The predicted octanol–water partition coefficient (Wildman–Crippen LogP) is 8.11. The van der Waals surface area contributed by atoms with E-state index < -0.39 is 0 Å². The van der Waals surface area contributed by atoms with Crippen molar-refractivity contribution in [3.63, 3.8) is 0 Å². The van der Waals surface area contributed by atoms with Gasteiger partial charge in [-0.25, -0.2) is 9.18 Å². The maximum absolute atomic E-state index is 13.8. The first-order valence-electron chi connectivity index (χ1n) is 15.1. The first-order chi connectivity index (χ1) is 19.3. The van der Waals surface area contributed by atoms with Gasteiger partial charge in [-0.2, -0.15) is 0 Å². The zero-order chi connectivity index (χ0) is 28.1. The molecule has 4 heteroatoms. The van der Waals surface area contributed by atoms with E-state index in [1.165, 1.54) is 22.8 Å². The van der Waals surface area contributed by atoms with Crippen molar-refractivity contribution in [1.82, 2.24) is 0 Å². The number of ether oxygens (including phenoxy) is 1. The lowest BCUT2D eigenvalue weighted by molar-refractivity contribution is -0.139. The van der Waals surface area contributed by atoms with Crippen LogP contribution in [-0.2, 0) is 14.3 Å². The fourth-order valence-corrected chi connectivity index (χ4v) is 8.46. The van der Waals surface area contributed by atoms with Gasteiger partial charge >= 0.3 is 5.97 Å². The Morgan fingerprint density at radius 1 is 1.20 bits per heavy atom. The minimum atomic E-state index is -0.273. The quantitative estimate of drug-likeness (QED) is 0.270. The molecule has 5 aliphatic carbocycles. The number of halogens is 1. The van der Waals surface area contributed by atoms with Gasteiger partial charge in [0.1, 0.15) is 5.82 Å². The maximum atomic E-state index is 13.8. The summed E-state index contributed by atoms with van der Waals surface area (Å²) < 4.78 is 19.1. The molecule has 0 bridgehead atoms. The van der Waals surface area contributed by atoms with Crippen molar-refractivity contribution in [2.24, 2.45) is 47.3 Å². The van der Waals surface area contributed by atoms with Gasteiger partial charge in [0.15, 0.2) is 5.78 Å². The normalized spacial score (nSPS) is 34.9. The topological polar surface area (TPSA) is 43.4 Å². The van der Waals surface area contributed by atoms with E-state index >= 15 is 0 Å². The maximum Gasteiger partial charge on any atom is 0.333 e. The Bertz CT molecular complexity index is 1370. The Hall–Kier alpha value is -3.01. The van der Waals surface area contributed by atoms with Crippen molar-refractivity contribution in [1.29, 1.82) is 0 Å². The summed E-state index contributed by atoms with van der Waals surface area (Å²) in [5, 5.41) is 0. The van der Waals surface area contributed by atoms with Crippen LogP contribution in [0.5, 0.6) is 0 Å². The number of benzene rings is 1. The lowest BCUT2D eigenvalue weighted by Crippen LogP contribution is -2.48. The van der Waals surface area contributed by atoms with Crippen molar-refractivity contribution >= 4 is 17.3 Å². The van der Waals surface area contributed by atoms with Crippen LogP contribution in [0.1, 0.15) is 59.9 Å². The standard InChI is InChI=1S/C36H40FO3.H2/c1-5-40-36(39)21(3)24-11-14-29-26(16-24)18-33-34(22(4)31-19-32(31)35(33)38)30(29)13-10-23-9-12-28(20(2)15-23)25-7-6-8-27(37)17-25;/h6-10,12-13,17,19-20,22,24,26,29-30,33-34H,3,5,11,14-16,18H2,1-2,4H3;1H/b13-10+;/t20?,22-,24+,26-,29-,30+,33+,34+;/m0./s1. The SMILES string of the molecule is C=C(C(=O)OCC)[C@@H]1CC[C@H]2[C@@H](C1)C[C@H]1C(=O)C3=C([CH]3)[C@H](C)[C@@H]1[C@@H]2/C=C/C1=CC=C(c2cccc(F)c2)C(C)C1.[HH]. The van der Waals surface area contributed by atoms with Crippen LogP contribution in [0.15, 0.2) is 77.4 Å². The molecular formula is C36H42FO3. The fourth-order valence-electron chi connectivity index (χ4n) is 8.46. The number of rotatable bonds is 6. The number of esters is 1. The second-order valence-electron chi connectivity index (χ2n) is 12.7. The first kappa shape index (κ1) is 27.2. The second kappa shape index (κ2) is 10.8. The largest absolute Gasteiger partial charge is 0.463 e. The number of hydrogen-bond acceptors (Lipinski definition) is 3. The van der Waals surface area contributed by atoms with Crippen LogP contribution < -0.4 is 0 Å². The van der Waals surface area contributed by atoms with Gasteiger partial charge in [0.2, 0.25) is 0 Å². The van der Waals surface area contributed by atoms with Crippen molar-refractivity contribution in [2.75, 3.05) is 6.61 Å². The summed E-state index contributed by atoms with van der Waals surface area (Å²) in [6, 6.07) is 6.86. The Morgan fingerprint density at radius 3 is 2.77 bits per heavy atom. The zero-order valence-electron chi connectivity index (χ0n) is 23.9. The van der Waals surface area contributed by atoms with E-state index in [9.17, 15) is 14.0 Å². The van der Waals surface area contributed by atoms with E-state index in [1.807, 2.05) is 13.0 Å². The predicted molar refractivity (Wildman–Crippen MR) is 158 cm³/mol. The monoisotopic (exact) mass is 541 g/mol. The smallest absolute Gasteiger partial charge is 0.333 e. The van der Waals surface area contributed by atoms with Crippen molar-refractivity contribution in [3.8, 4) is 0 Å². The molecule has 1 aromatic rings. The average molecular weight is 542 g/mol. The van der Waals surface area contributed by atoms with Crippen LogP contribution in [0, 0.1) is 59.6 Å². The molecule has 2 saturated carbocycles. The van der Waals surface area contributed by atoms with Crippen molar-refractivity contribution in [2.45, 2.75) is 52.9 Å². The first-order valence-corrected chi connectivity index (χ1v) is 15.1. The molecule has 0 heterocycles. The number of carbonyl (C=O) groups is 2. The summed E-state index contributed by atoms with van der Waals surface area (Å²) in [6.45, 7) is 10.8. The summed E-state index contributed by atoms with van der Waals surface area (Å²) in [4.78, 5) is 25.9. The third-order valence-electron chi connectivity index (χ3n) is 10.5. The van der Waals surface area contributed by atoms with Gasteiger partial charge in [0.05, 0.1) is 6.61 Å². The van der Waals surface area contributed by atoms with Crippen LogP contribution in [0.25, 0.3) is 5.57 Å². The van der Waals surface area contributed by atoms with Gasteiger partial charge < -0.3 is 4.74 Å². The number of allylic oxidation sites excluding steroid dienone is 8. The Kier molecular flexibility index (Phi) is 7.31. The van der Waals surface area contributed by atoms with Gasteiger partial charge in [-0.15, -0.1) is 0 Å². The lowest BCUT2D eigenvalue weighted by Gasteiger charge is -2.52. The molecule has 6 rings (SSSR count). The number of carbonyl (C=O) groups excluding carboxylic acids is 2. The van der Waals surface area contributed by atoms with Crippen LogP contribution in [-0.4, -0.2) is 18.4 Å². The molecule has 5 aliphatic rings. The summed E-state index contributed by atoms with van der Waals surface area (Å²) in [7, 11) is 0. The van der Waals surface area contributed by atoms with Gasteiger partial charge in [-0.1, -0.05) is 62.4 Å². The van der Waals surface area contributed by atoms with Gasteiger partial charge in [0.25, 0.3) is 0 Å². The minimum Gasteiger partial charge on any atom is -0.463 e. The van der Waals surface area contributed by atoms with Gasteiger partial charge in [-0.05, 0) is 109 Å². The molecule has 0 aliphatic heterocycles. The Morgan fingerprint density at radius 2 is 2.02 bits per heavy atom. The minimum absolute atomic E-state index is 0. The fraction of sp³-hybridized carbons (Fsp3) is 0.472. The highest BCUT2D eigenvalue weighted by Crippen LogP contribution is 2.60. The van der Waals surface area contributed by atoms with E-state index in [4.69, 9.17) is 4.74 Å². The molecule has 8 atom stereocenters. The number of hydrogen-bond donors (Lipinski definition) is 0. The summed E-state index contributed by atoms with van der Waals surface area (Å²) in [5.74, 6) is 2.30. The third-order valence-corrected chi connectivity index (χ3v) is 10.5. The molecule has 0 saturated heterocycles. The second-order valence-corrected chi connectivity index (χ2v) is 12.7. The number of ketones is 1. The van der Waals surface area contributed by atoms with Crippen molar-refractivity contribution < 1.29 is 20.1 Å². The van der Waals surface area contributed by atoms with Gasteiger partial charge in [0, 0.05) is 24.9 Å². The molecule has 211 valence electrons. The van der Waals surface area contributed by atoms with E-state index in [1.54, 1.807) is 12.1 Å². The molecule has 1 aromatic carbocycles. The van der Waals surface area contributed by atoms with Crippen LogP contribution in [0.2, 0.25) is 0 Å².